The van der Waals surface area contributed by atoms with Gasteiger partial charge in [-0.15, -0.1) is 0 Å². The molecule has 0 aliphatic rings. The number of hydrogen-bond acceptors (Lipinski definition) is 5. The van der Waals surface area contributed by atoms with Gasteiger partial charge in [-0.05, 0) is 24.3 Å². The average Bonchev–Trinajstić information content (AvgIpc) is 2.61. The van der Waals surface area contributed by atoms with Crippen LogP contribution in [0.3, 0.4) is 0 Å². The van der Waals surface area contributed by atoms with Gasteiger partial charge in [-0.1, -0.05) is 0 Å². The number of ether oxygens (including phenoxy) is 4. The molecular weight excluding hydrogens is 312 g/mol. The fourth-order valence-corrected chi connectivity index (χ4v) is 2.10. The molecule has 0 fully saturated rings. The lowest BCUT2D eigenvalue weighted by Gasteiger charge is -2.13. The number of benzene rings is 2. The number of urea groups is 1. The summed E-state index contributed by atoms with van der Waals surface area (Å²) in [6.45, 7) is 0. The molecule has 0 aromatic heterocycles. The van der Waals surface area contributed by atoms with E-state index >= 15 is 0 Å². The second-order valence-electron chi connectivity index (χ2n) is 4.72. The number of carbonyl (C=O) groups is 1. The Morgan fingerprint density at radius 3 is 2.08 bits per heavy atom. The van der Waals surface area contributed by atoms with Crippen molar-refractivity contribution < 1.29 is 23.7 Å². The van der Waals surface area contributed by atoms with Crippen LogP contribution in [0.25, 0.3) is 0 Å². The quantitative estimate of drug-likeness (QED) is 0.848. The maximum absolute atomic E-state index is 12.2. The molecule has 7 nitrogen and oxygen atoms in total. The van der Waals surface area contributed by atoms with Gasteiger partial charge in [-0.25, -0.2) is 4.79 Å². The number of carbonyl (C=O) groups excluding carboxylic acids is 1. The van der Waals surface area contributed by atoms with Crippen LogP contribution >= 0.6 is 0 Å². The minimum absolute atomic E-state index is 0.411. The lowest BCUT2D eigenvalue weighted by atomic mass is 10.2. The van der Waals surface area contributed by atoms with Gasteiger partial charge >= 0.3 is 6.03 Å². The highest BCUT2D eigenvalue weighted by atomic mass is 16.5. The molecule has 0 saturated carbocycles. The van der Waals surface area contributed by atoms with E-state index < -0.39 is 6.03 Å². The summed E-state index contributed by atoms with van der Waals surface area (Å²) in [7, 11) is 6.16. The number of anilines is 2. The highest BCUT2D eigenvalue weighted by Crippen LogP contribution is 2.31. The Hall–Kier alpha value is -3.09. The molecule has 2 rings (SSSR count). The van der Waals surface area contributed by atoms with Crippen LogP contribution in [0.1, 0.15) is 0 Å². The summed E-state index contributed by atoms with van der Waals surface area (Å²) < 4.78 is 20.7. The molecule has 24 heavy (non-hydrogen) atoms. The first-order chi connectivity index (χ1) is 11.6. The second kappa shape index (κ2) is 7.96. The predicted octanol–water partition coefficient (Wildman–Crippen LogP) is 3.37. The number of hydrogen-bond donors (Lipinski definition) is 2. The van der Waals surface area contributed by atoms with E-state index in [1.165, 1.54) is 14.2 Å². The zero-order valence-corrected chi connectivity index (χ0v) is 14.0. The van der Waals surface area contributed by atoms with E-state index in [-0.39, 0.29) is 0 Å². The Morgan fingerprint density at radius 2 is 1.46 bits per heavy atom. The fraction of sp³-hybridized carbons (Fsp3) is 0.235. The Morgan fingerprint density at radius 1 is 0.750 bits per heavy atom. The molecule has 0 aliphatic carbocycles. The molecule has 0 heterocycles. The van der Waals surface area contributed by atoms with E-state index in [1.54, 1.807) is 50.6 Å². The summed E-state index contributed by atoms with van der Waals surface area (Å²) in [5, 5.41) is 5.45. The minimum Gasteiger partial charge on any atom is -0.497 e. The maximum Gasteiger partial charge on any atom is 0.323 e. The molecule has 2 amide bonds. The maximum atomic E-state index is 12.2. The van der Waals surface area contributed by atoms with Crippen molar-refractivity contribution in [3.8, 4) is 23.0 Å². The van der Waals surface area contributed by atoms with Gasteiger partial charge < -0.3 is 29.6 Å². The normalized spacial score (nSPS) is 9.83. The molecule has 7 heteroatoms. The molecule has 128 valence electrons. The van der Waals surface area contributed by atoms with Crippen molar-refractivity contribution in [3.63, 3.8) is 0 Å². The van der Waals surface area contributed by atoms with Crippen LogP contribution in [0, 0.1) is 0 Å². The van der Waals surface area contributed by atoms with Crippen LogP contribution < -0.4 is 29.6 Å². The number of methoxy groups -OCH3 is 4. The number of amides is 2. The number of nitrogens with one attached hydrogen (secondary N) is 2. The Labute approximate surface area is 140 Å². The van der Waals surface area contributed by atoms with Crippen molar-refractivity contribution in [1.82, 2.24) is 0 Å². The largest absolute Gasteiger partial charge is 0.497 e. The molecule has 2 N–H and O–H groups in total. The SMILES string of the molecule is COc1ccc(NC(=O)Nc2ccc(OC)c(OC)c2)c(OC)c1. The highest BCUT2D eigenvalue weighted by Gasteiger charge is 2.10. The van der Waals surface area contributed by atoms with E-state index in [2.05, 4.69) is 10.6 Å². The lowest BCUT2D eigenvalue weighted by molar-refractivity contribution is 0.262. The fourth-order valence-electron chi connectivity index (χ4n) is 2.10. The Balaban J connectivity index is 2.11. The molecule has 2 aromatic carbocycles. The topological polar surface area (TPSA) is 78.1 Å². The van der Waals surface area contributed by atoms with Gasteiger partial charge in [0.05, 0.1) is 34.1 Å². The van der Waals surface area contributed by atoms with Crippen molar-refractivity contribution in [1.29, 1.82) is 0 Å². The van der Waals surface area contributed by atoms with Gasteiger partial charge in [0.25, 0.3) is 0 Å². The number of rotatable bonds is 6. The van der Waals surface area contributed by atoms with Gasteiger partial charge in [-0.2, -0.15) is 0 Å². The predicted molar refractivity (Wildman–Crippen MR) is 91.7 cm³/mol. The summed E-state index contributed by atoms with van der Waals surface area (Å²) in [5.74, 6) is 2.24. The van der Waals surface area contributed by atoms with Crippen molar-refractivity contribution in [2.24, 2.45) is 0 Å². The van der Waals surface area contributed by atoms with Crippen molar-refractivity contribution in [2.75, 3.05) is 39.1 Å². The van der Waals surface area contributed by atoms with E-state index in [0.29, 0.717) is 34.4 Å². The standard InChI is InChI=1S/C17H20N2O5/c1-21-12-6-7-13(15(10-12)23-3)19-17(20)18-11-5-8-14(22-2)16(9-11)24-4/h5-10H,1-4H3,(H2,18,19,20). The first kappa shape index (κ1) is 17.3. The van der Waals surface area contributed by atoms with E-state index in [9.17, 15) is 4.79 Å². The molecule has 0 atom stereocenters. The monoisotopic (exact) mass is 332 g/mol. The third-order valence-corrected chi connectivity index (χ3v) is 3.30. The molecule has 0 unspecified atom stereocenters. The summed E-state index contributed by atoms with van der Waals surface area (Å²) in [6, 6.07) is 9.80. The van der Waals surface area contributed by atoms with Crippen LogP contribution in [-0.2, 0) is 0 Å². The van der Waals surface area contributed by atoms with Crippen molar-refractivity contribution >= 4 is 17.4 Å². The van der Waals surface area contributed by atoms with Crippen LogP contribution in [0.15, 0.2) is 36.4 Å². The van der Waals surface area contributed by atoms with Crippen molar-refractivity contribution in [2.45, 2.75) is 0 Å². The summed E-state index contributed by atoms with van der Waals surface area (Å²) in [5.41, 5.74) is 1.09. The van der Waals surface area contributed by atoms with E-state index in [0.717, 1.165) is 0 Å². The molecule has 2 aromatic rings. The van der Waals surface area contributed by atoms with Crippen LogP contribution in [0.5, 0.6) is 23.0 Å². The third-order valence-electron chi connectivity index (χ3n) is 3.30. The minimum atomic E-state index is -0.411. The van der Waals surface area contributed by atoms with E-state index in [4.69, 9.17) is 18.9 Å². The first-order valence-corrected chi connectivity index (χ1v) is 7.13. The smallest absolute Gasteiger partial charge is 0.323 e. The summed E-state index contributed by atoms with van der Waals surface area (Å²) in [4.78, 5) is 12.2. The lowest BCUT2D eigenvalue weighted by Crippen LogP contribution is -2.19. The van der Waals surface area contributed by atoms with Gasteiger partial charge in [-0.3, -0.25) is 0 Å². The van der Waals surface area contributed by atoms with E-state index in [1.807, 2.05) is 0 Å². The molecule has 0 bridgehead atoms. The molecular formula is C17H20N2O5. The van der Waals surface area contributed by atoms with Crippen molar-refractivity contribution in [3.05, 3.63) is 36.4 Å². The average molecular weight is 332 g/mol. The molecule has 0 saturated heterocycles. The van der Waals surface area contributed by atoms with Crippen LogP contribution in [-0.4, -0.2) is 34.5 Å². The zero-order valence-electron chi connectivity index (χ0n) is 14.0. The summed E-state index contributed by atoms with van der Waals surface area (Å²) >= 11 is 0. The highest BCUT2D eigenvalue weighted by molar-refractivity contribution is 6.00. The zero-order chi connectivity index (χ0) is 17.5. The Bertz CT molecular complexity index is 718. The van der Waals surface area contributed by atoms with Gasteiger partial charge in [0.1, 0.15) is 11.5 Å². The Kier molecular flexibility index (Phi) is 5.73. The van der Waals surface area contributed by atoms with Gasteiger partial charge in [0.2, 0.25) is 0 Å². The molecule has 0 radical (unpaired) electrons. The first-order valence-electron chi connectivity index (χ1n) is 7.13. The van der Waals surface area contributed by atoms with Crippen LogP contribution in [0.2, 0.25) is 0 Å². The van der Waals surface area contributed by atoms with Crippen LogP contribution in [0.4, 0.5) is 16.2 Å². The molecule has 0 spiro atoms. The third kappa shape index (κ3) is 4.01. The molecule has 0 aliphatic heterocycles. The van der Waals surface area contributed by atoms with Gasteiger partial charge in [0.15, 0.2) is 11.5 Å². The second-order valence-corrected chi connectivity index (χ2v) is 4.72. The summed E-state index contributed by atoms with van der Waals surface area (Å²) in [6.07, 6.45) is 0. The van der Waals surface area contributed by atoms with Gasteiger partial charge in [0, 0.05) is 17.8 Å².